The van der Waals surface area contributed by atoms with Gasteiger partial charge in [-0.3, -0.25) is 4.79 Å². The fourth-order valence-electron chi connectivity index (χ4n) is 4.36. The van der Waals surface area contributed by atoms with Gasteiger partial charge in [0.2, 0.25) is 0 Å². The normalized spacial score (nSPS) is 14.2. The van der Waals surface area contributed by atoms with Crippen molar-refractivity contribution >= 4 is 28.8 Å². The van der Waals surface area contributed by atoms with Crippen molar-refractivity contribution in [2.45, 2.75) is 13.8 Å². The van der Waals surface area contributed by atoms with E-state index in [1.54, 1.807) is 22.8 Å². The zero-order valence-electron chi connectivity index (χ0n) is 18.4. The molecule has 1 saturated heterocycles. The van der Waals surface area contributed by atoms with E-state index in [1.807, 2.05) is 43.0 Å². The van der Waals surface area contributed by atoms with Gasteiger partial charge in [0.05, 0.1) is 17.0 Å². The number of carbonyl (C=O) groups excluding carboxylic acids is 1. The smallest absolute Gasteiger partial charge is 0.257 e. The Morgan fingerprint density at radius 3 is 2.30 bits per heavy atom. The molecule has 0 bridgehead atoms. The number of aromatic nitrogens is 3. The summed E-state index contributed by atoms with van der Waals surface area (Å²) in [6.45, 7) is 6.52. The third-order valence-electron chi connectivity index (χ3n) is 6.18. The minimum atomic E-state index is -0.291. The van der Waals surface area contributed by atoms with Crippen LogP contribution in [0.1, 0.15) is 21.7 Å². The molecule has 5 rings (SSSR count). The van der Waals surface area contributed by atoms with E-state index in [0.29, 0.717) is 29.3 Å². The van der Waals surface area contributed by atoms with E-state index in [9.17, 15) is 9.18 Å². The molecule has 1 aliphatic heterocycles. The van der Waals surface area contributed by atoms with E-state index in [-0.39, 0.29) is 11.7 Å². The van der Waals surface area contributed by atoms with Crippen molar-refractivity contribution in [2.24, 2.45) is 0 Å². The van der Waals surface area contributed by atoms with Crippen LogP contribution in [-0.2, 0) is 0 Å². The second-order valence-electron chi connectivity index (χ2n) is 8.22. The lowest BCUT2D eigenvalue weighted by Gasteiger charge is -2.36. The number of benzene rings is 2. The number of rotatable bonds is 3. The van der Waals surface area contributed by atoms with Crippen LogP contribution in [0.2, 0.25) is 5.02 Å². The van der Waals surface area contributed by atoms with Crippen molar-refractivity contribution in [1.82, 2.24) is 19.5 Å². The molecular weight excluding hydrogens is 441 g/mol. The summed E-state index contributed by atoms with van der Waals surface area (Å²) >= 11 is 5.99. The molecule has 0 saturated carbocycles. The summed E-state index contributed by atoms with van der Waals surface area (Å²) in [5.74, 6) is -0.338. The van der Waals surface area contributed by atoms with Gasteiger partial charge in [-0.2, -0.15) is 5.10 Å². The number of halogens is 2. The first-order valence-corrected chi connectivity index (χ1v) is 11.2. The van der Waals surface area contributed by atoms with Crippen molar-refractivity contribution in [2.75, 3.05) is 31.1 Å². The molecule has 6 nitrogen and oxygen atoms in total. The number of hydrogen-bond acceptors (Lipinski definition) is 4. The van der Waals surface area contributed by atoms with E-state index in [0.717, 1.165) is 41.3 Å². The topological polar surface area (TPSA) is 53.7 Å². The number of piperazine rings is 1. The molecule has 2 aromatic heterocycles. The zero-order chi connectivity index (χ0) is 23.1. The number of nitrogens with zero attached hydrogens (tertiary/aromatic N) is 5. The van der Waals surface area contributed by atoms with Crippen LogP contribution in [-0.4, -0.2) is 51.6 Å². The number of hydrogen-bond donors (Lipinski definition) is 0. The highest BCUT2D eigenvalue weighted by molar-refractivity contribution is 6.30. The Hall–Kier alpha value is -3.45. The summed E-state index contributed by atoms with van der Waals surface area (Å²) in [5, 5.41) is 5.34. The number of fused-ring (bicyclic) bond motifs is 1. The molecule has 168 valence electrons. The minimum Gasteiger partial charge on any atom is -0.368 e. The first kappa shape index (κ1) is 21.4. The van der Waals surface area contributed by atoms with E-state index < -0.39 is 0 Å². The average Bonchev–Trinajstić information content (AvgIpc) is 3.17. The van der Waals surface area contributed by atoms with Crippen LogP contribution in [0.4, 0.5) is 10.1 Å². The van der Waals surface area contributed by atoms with Gasteiger partial charge in [-0.1, -0.05) is 23.7 Å². The van der Waals surface area contributed by atoms with Gasteiger partial charge in [-0.15, -0.1) is 0 Å². The fourth-order valence-corrected chi connectivity index (χ4v) is 4.48. The van der Waals surface area contributed by atoms with Gasteiger partial charge < -0.3 is 9.80 Å². The second-order valence-corrected chi connectivity index (χ2v) is 8.65. The maximum atomic E-state index is 13.4. The van der Waals surface area contributed by atoms with Gasteiger partial charge in [0.1, 0.15) is 5.82 Å². The van der Waals surface area contributed by atoms with Crippen molar-refractivity contribution in [3.05, 3.63) is 82.5 Å². The molecule has 0 atom stereocenters. The van der Waals surface area contributed by atoms with Gasteiger partial charge in [0.15, 0.2) is 5.65 Å². The lowest BCUT2D eigenvalue weighted by molar-refractivity contribution is 0.0745. The number of amides is 1. The van der Waals surface area contributed by atoms with Crippen LogP contribution >= 0.6 is 11.6 Å². The Bertz CT molecular complexity index is 1330. The van der Waals surface area contributed by atoms with Crippen molar-refractivity contribution in [3.63, 3.8) is 0 Å². The average molecular weight is 464 g/mol. The Balaban J connectivity index is 1.39. The standard InChI is InChI=1S/C25H23ClFN5O/c1-16-23(18-3-7-20(27)8-4-18)24-28-15-22(17(2)32(24)29-16)25(33)31-13-11-30(12-14-31)21-9-5-19(26)6-10-21/h3-10,15H,11-14H2,1-2H3. The predicted octanol–water partition coefficient (Wildman–Crippen LogP) is 4.77. The molecule has 1 fully saturated rings. The second kappa shape index (κ2) is 8.48. The fraction of sp³-hybridized carbons (Fsp3) is 0.240. The van der Waals surface area contributed by atoms with Crippen LogP contribution in [0.25, 0.3) is 16.8 Å². The molecule has 0 N–H and O–H groups in total. The summed E-state index contributed by atoms with van der Waals surface area (Å²) in [6, 6.07) is 14.0. The van der Waals surface area contributed by atoms with Crippen LogP contribution < -0.4 is 4.90 Å². The van der Waals surface area contributed by atoms with Gasteiger partial charge in [-0.05, 0) is 55.8 Å². The van der Waals surface area contributed by atoms with Crippen LogP contribution in [0.3, 0.4) is 0 Å². The Labute approximate surface area is 196 Å². The summed E-state index contributed by atoms with van der Waals surface area (Å²) in [6.07, 6.45) is 1.63. The molecule has 33 heavy (non-hydrogen) atoms. The van der Waals surface area contributed by atoms with Gasteiger partial charge in [0.25, 0.3) is 5.91 Å². The molecule has 0 unspecified atom stereocenters. The van der Waals surface area contributed by atoms with Crippen molar-refractivity contribution in [1.29, 1.82) is 0 Å². The predicted molar refractivity (Wildman–Crippen MR) is 127 cm³/mol. The number of aryl methyl sites for hydroxylation is 2. The van der Waals surface area contributed by atoms with E-state index in [1.165, 1.54) is 12.1 Å². The molecule has 1 amide bonds. The molecule has 3 heterocycles. The van der Waals surface area contributed by atoms with Crippen LogP contribution in [0.5, 0.6) is 0 Å². The highest BCUT2D eigenvalue weighted by Gasteiger charge is 2.25. The quantitative estimate of drug-likeness (QED) is 0.439. The first-order valence-electron chi connectivity index (χ1n) is 10.8. The lowest BCUT2D eigenvalue weighted by atomic mass is 10.1. The first-order chi connectivity index (χ1) is 15.9. The van der Waals surface area contributed by atoms with Gasteiger partial charge in [0, 0.05) is 48.6 Å². The largest absolute Gasteiger partial charge is 0.368 e. The van der Waals surface area contributed by atoms with E-state index in [4.69, 9.17) is 11.6 Å². The third-order valence-corrected chi connectivity index (χ3v) is 6.43. The minimum absolute atomic E-state index is 0.0471. The van der Waals surface area contributed by atoms with E-state index in [2.05, 4.69) is 15.0 Å². The van der Waals surface area contributed by atoms with Crippen molar-refractivity contribution in [3.8, 4) is 11.1 Å². The van der Waals surface area contributed by atoms with Crippen LogP contribution in [0, 0.1) is 19.7 Å². The number of anilines is 1. The number of carbonyl (C=O) groups is 1. The molecule has 0 aliphatic carbocycles. The maximum absolute atomic E-state index is 13.4. The molecule has 4 aromatic rings. The van der Waals surface area contributed by atoms with E-state index >= 15 is 0 Å². The summed E-state index contributed by atoms with van der Waals surface area (Å²) in [4.78, 5) is 22.0. The Morgan fingerprint density at radius 1 is 0.970 bits per heavy atom. The Kier molecular flexibility index (Phi) is 5.50. The molecular formula is C25H23ClFN5O. The molecule has 0 spiro atoms. The molecule has 8 heteroatoms. The zero-order valence-corrected chi connectivity index (χ0v) is 19.2. The summed E-state index contributed by atoms with van der Waals surface area (Å²) in [5.41, 5.74) is 5.49. The lowest BCUT2D eigenvalue weighted by Crippen LogP contribution is -2.49. The molecule has 1 aliphatic rings. The highest BCUT2D eigenvalue weighted by Crippen LogP contribution is 2.29. The Morgan fingerprint density at radius 2 is 1.64 bits per heavy atom. The monoisotopic (exact) mass is 463 g/mol. The molecule has 0 radical (unpaired) electrons. The molecule has 2 aromatic carbocycles. The summed E-state index contributed by atoms with van der Waals surface area (Å²) in [7, 11) is 0. The summed E-state index contributed by atoms with van der Waals surface area (Å²) < 4.78 is 15.1. The third kappa shape index (κ3) is 3.93. The maximum Gasteiger partial charge on any atom is 0.257 e. The highest BCUT2D eigenvalue weighted by atomic mass is 35.5. The van der Waals surface area contributed by atoms with Gasteiger partial charge in [-0.25, -0.2) is 13.9 Å². The van der Waals surface area contributed by atoms with Gasteiger partial charge >= 0.3 is 0 Å². The SMILES string of the molecule is Cc1nn2c(C)c(C(=O)N3CCN(c4ccc(Cl)cc4)CC3)cnc2c1-c1ccc(F)cc1. The van der Waals surface area contributed by atoms with Crippen molar-refractivity contribution < 1.29 is 9.18 Å². The van der Waals surface area contributed by atoms with Crippen LogP contribution in [0.15, 0.2) is 54.7 Å².